The van der Waals surface area contributed by atoms with E-state index in [1.54, 1.807) is 11.5 Å². The minimum absolute atomic E-state index is 0.102. The van der Waals surface area contributed by atoms with Crippen molar-refractivity contribution in [3.8, 4) is 11.5 Å². The SMILES string of the molecule is Cc1c(C(=O)Nc2ccc3c(c2)OC(F)(F)O3)sc2nc3n(c(=O)c12)CCCCC3. The molecule has 156 valence electrons. The Kier molecular flexibility index (Phi) is 4.28. The number of rotatable bonds is 2. The number of carbonyl (C=O) groups is 1. The van der Waals surface area contributed by atoms with Crippen LogP contribution in [0.5, 0.6) is 11.5 Å². The average molecular weight is 433 g/mol. The molecule has 1 aromatic carbocycles. The fourth-order valence-corrected chi connectivity index (χ4v) is 4.93. The number of nitrogens with zero attached hydrogens (tertiary/aromatic N) is 2. The lowest BCUT2D eigenvalue weighted by atomic mass is 10.2. The molecule has 2 aliphatic heterocycles. The Balaban J connectivity index is 1.48. The van der Waals surface area contributed by atoms with E-state index in [1.807, 2.05) is 0 Å². The van der Waals surface area contributed by atoms with E-state index >= 15 is 0 Å². The van der Waals surface area contributed by atoms with Gasteiger partial charge < -0.3 is 14.8 Å². The number of nitrogens with one attached hydrogen (secondary N) is 1. The van der Waals surface area contributed by atoms with Crippen molar-refractivity contribution in [2.45, 2.75) is 45.4 Å². The molecule has 1 N–H and O–H groups in total. The number of alkyl halides is 2. The van der Waals surface area contributed by atoms with Crippen LogP contribution in [0.4, 0.5) is 14.5 Å². The normalized spacial score (nSPS) is 16.9. The number of anilines is 1. The van der Waals surface area contributed by atoms with E-state index in [1.165, 1.54) is 18.2 Å². The summed E-state index contributed by atoms with van der Waals surface area (Å²) in [5, 5.41) is 3.13. The summed E-state index contributed by atoms with van der Waals surface area (Å²) in [6.45, 7) is 2.36. The van der Waals surface area contributed by atoms with Gasteiger partial charge in [-0.15, -0.1) is 20.1 Å². The molecule has 0 saturated heterocycles. The summed E-state index contributed by atoms with van der Waals surface area (Å²) >= 11 is 1.16. The molecule has 0 spiro atoms. The van der Waals surface area contributed by atoms with Gasteiger partial charge in [0.25, 0.3) is 11.5 Å². The molecule has 0 saturated carbocycles. The van der Waals surface area contributed by atoms with Gasteiger partial charge in [0.1, 0.15) is 10.7 Å². The number of halogens is 2. The maximum atomic E-state index is 13.2. The molecule has 30 heavy (non-hydrogen) atoms. The van der Waals surface area contributed by atoms with Gasteiger partial charge in [0, 0.05) is 24.7 Å². The quantitative estimate of drug-likeness (QED) is 0.659. The zero-order valence-corrected chi connectivity index (χ0v) is 16.8. The molecule has 2 aliphatic rings. The molecule has 0 fully saturated rings. The minimum Gasteiger partial charge on any atom is -0.395 e. The van der Waals surface area contributed by atoms with E-state index in [-0.39, 0.29) is 22.7 Å². The molecule has 5 rings (SSSR count). The van der Waals surface area contributed by atoms with Gasteiger partial charge in [0.15, 0.2) is 11.5 Å². The van der Waals surface area contributed by atoms with Crippen molar-refractivity contribution in [3.05, 3.63) is 44.8 Å². The molecule has 3 aromatic rings. The Bertz CT molecular complexity index is 1250. The number of aryl methyl sites for hydroxylation is 2. The molecule has 4 heterocycles. The molecule has 0 unspecified atom stereocenters. The van der Waals surface area contributed by atoms with Crippen molar-refractivity contribution in [2.75, 3.05) is 5.32 Å². The topological polar surface area (TPSA) is 82.4 Å². The van der Waals surface area contributed by atoms with Gasteiger partial charge >= 0.3 is 6.29 Å². The van der Waals surface area contributed by atoms with Gasteiger partial charge in [0.2, 0.25) is 0 Å². The van der Waals surface area contributed by atoms with E-state index in [0.717, 1.165) is 42.8 Å². The van der Waals surface area contributed by atoms with Crippen molar-refractivity contribution < 1.29 is 23.0 Å². The van der Waals surface area contributed by atoms with Crippen LogP contribution in [-0.4, -0.2) is 21.8 Å². The molecule has 7 nitrogen and oxygen atoms in total. The monoisotopic (exact) mass is 433 g/mol. The number of thiophene rings is 1. The van der Waals surface area contributed by atoms with Crippen LogP contribution in [0.3, 0.4) is 0 Å². The summed E-state index contributed by atoms with van der Waals surface area (Å²) in [4.78, 5) is 31.4. The number of carbonyl (C=O) groups excluding carboxylic acids is 1. The first-order chi connectivity index (χ1) is 14.3. The van der Waals surface area contributed by atoms with Crippen LogP contribution in [0.15, 0.2) is 23.0 Å². The fourth-order valence-electron chi connectivity index (χ4n) is 3.84. The largest absolute Gasteiger partial charge is 0.586 e. The number of fused-ring (bicyclic) bond motifs is 3. The number of hydrogen-bond donors (Lipinski definition) is 1. The summed E-state index contributed by atoms with van der Waals surface area (Å²) in [6.07, 6.45) is -0.00643. The third-order valence-electron chi connectivity index (χ3n) is 5.28. The summed E-state index contributed by atoms with van der Waals surface area (Å²) in [5.74, 6) is 0.0555. The third-order valence-corrected chi connectivity index (χ3v) is 6.46. The maximum absolute atomic E-state index is 13.2. The summed E-state index contributed by atoms with van der Waals surface area (Å²) in [7, 11) is 0. The highest BCUT2D eigenvalue weighted by Gasteiger charge is 2.43. The molecule has 1 amide bonds. The van der Waals surface area contributed by atoms with Crippen molar-refractivity contribution in [3.63, 3.8) is 0 Å². The summed E-state index contributed by atoms with van der Waals surface area (Å²) < 4.78 is 36.9. The third kappa shape index (κ3) is 3.11. The van der Waals surface area contributed by atoms with Crippen molar-refractivity contribution >= 4 is 33.1 Å². The zero-order chi connectivity index (χ0) is 21.0. The Morgan fingerprint density at radius 3 is 2.87 bits per heavy atom. The Hall–Kier alpha value is -3.01. The molecular weight excluding hydrogens is 416 g/mol. The van der Waals surface area contributed by atoms with E-state index in [9.17, 15) is 18.4 Å². The van der Waals surface area contributed by atoms with Crippen LogP contribution in [0.25, 0.3) is 10.2 Å². The Morgan fingerprint density at radius 2 is 2.03 bits per heavy atom. The maximum Gasteiger partial charge on any atom is 0.586 e. The molecule has 0 bridgehead atoms. The lowest BCUT2D eigenvalue weighted by Gasteiger charge is -2.08. The fraction of sp³-hybridized carbons (Fsp3) is 0.350. The number of aromatic nitrogens is 2. The second kappa shape index (κ2) is 6.76. The molecule has 0 atom stereocenters. The second-order valence-corrected chi connectivity index (χ2v) is 8.31. The second-order valence-electron chi connectivity index (χ2n) is 7.31. The van der Waals surface area contributed by atoms with Crippen LogP contribution < -0.4 is 20.3 Å². The van der Waals surface area contributed by atoms with E-state index in [2.05, 4.69) is 19.8 Å². The number of hydrogen-bond acceptors (Lipinski definition) is 6. The predicted molar refractivity (Wildman–Crippen MR) is 107 cm³/mol. The van der Waals surface area contributed by atoms with E-state index in [0.29, 0.717) is 27.2 Å². The number of amides is 1. The molecule has 0 aliphatic carbocycles. The van der Waals surface area contributed by atoms with Crippen LogP contribution in [0.1, 0.15) is 40.3 Å². The standard InChI is InChI=1S/C20H17F2N3O4S/c1-10-15-18(24-14-5-3-2-4-8-25(14)19(15)27)30-16(10)17(26)23-11-6-7-12-13(9-11)29-20(21,22)28-12/h6-7,9H,2-5,8H2,1H3,(H,23,26). The van der Waals surface area contributed by atoms with Crippen molar-refractivity contribution in [1.82, 2.24) is 9.55 Å². The first-order valence-corrected chi connectivity index (χ1v) is 10.4. The van der Waals surface area contributed by atoms with Crippen LogP contribution in [-0.2, 0) is 13.0 Å². The van der Waals surface area contributed by atoms with E-state index < -0.39 is 12.2 Å². The van der Waals surface area contributed by atoms with Gasteiger partial charge in [-0.25, -0.2) is 4.98 Å². The van der Waals surface area contributed by atoms with Gasteiger partial charge in [-0.3, -0.25) is 14.2 Å². The molecular formula is C20H17F2N3O4S. The summed E-state index contributed by atoms with van der Waals surface area (Å²) in [5.41, 5.74) is 0.726. The highest BCUT2D eigenvalue weighted by Crippen LogP contribution is 2.42. The molecule has 0 radical (unpaired) electrons. The van der Waals surface area contributed by atoms with E-state index in [4.69, 9.17) is 0 Å². The smallest absolute Gasteiger partial charge is 0.395 e. The summed E-state index contributed by atoms with van der Waals surface area (Å²) in [6, 6.07) is 4.01. The van der Waals surface area contributed by atoms with Crippen LogP contribution in [0.2, 0.25) is 0 Å². The zero-order valence-electron chi connectivity index (χ0n) is 16.0. The van der Waals surface area contributed by atoms with Crippen molar-refractivity contribution in [2.24, 2.45) is 0 Å². The molecule has 2 aromatic heterocycles. The molecule has 10 heteroatoms. The van der Waals surface area contributed by atoms with Crippen LogP contribution in [0, 0.1) is 6.92 Å². The highest BCUT2D eigenvalue weighted by atomic mass is 32.1. The number of benzene rings is 1. The minimum atomic E-state index is -3.72. The number of ether oxygens (including phenoxy) is 2. The lowest BCUT2D eigenvalue weighted by Crippen LogP contribution is -2.25. The first-order valence-electron chi connectivity index (χ1n) is 9.56. The van der Waals surface area contributed by atoms with Gasteiger partial charge in [-0.05, 0) is 37.5 Å². The van der Waals surface area contributed by atoms with Gasteiger partial charge in [-0.2, -0.15) is 0 Å². The average Bonchev–Trinajstić information content (AvgIpc) is 3.05. The van der Waals surface area contributed by atoms with Crippen molar-refractivity contribution in [1.29, 1.82) is 0 Å². The van der Waals surface area contributed by atoms with Crippen LogP contribution >= 0.6 is 11.3 Å². The highest BCUT2D eigenvalue weighted by molar-refractivity contribution is 7.20. The van der Waals surface area contributed by atoms with Gasteiger partial charge in [0.05, 0.1) is 10.3 Å². The Labute approximate surface area is 173 Å². The van der Waals surface area contributed by atoms with Gasteiger partial charge in [-0.1, -0.05) is 6.42 Å². The first kappa shape index (κ1) is 19.0. The predicted octanol–water partition coefficient (Wildman–Crippen LogP) is 4.07. The lowest BCUT2D eigenvalue weighted by molar-refractivity contribution is -0.286. The Morgan fingerprint density at radius 1 is 1.23 bits per heavy atom.